The fraction of sp³-hybridized carbons (Fsp3) is 0.400. The van der Waals surface area contributed by atoms with E-state index in [0.29, 0.717) is 19.0 Å². The average molecular weight is 263 g/mol. The van der Waals surface area contributed by atoms with Crippen molar-refractivity contribution in [3.05, 3.63) is 29.8 Å². The van der Waals surface area contributed by atoms with Gasteiger partial charge in [0.05, 0.1) is 13.2 Å². The van der Waals surface area contributed by atoms with E-state index >= 15 is 0 Å². The Balaban J connectivity index is 2.88. The van der Waals surface area contributed by atoms with E-state index in [4.69, 9.17) is 9.47 Å². The molecule has 0 fully saturated rings. The zero-order valence-electron chi connectivity index (χ0n) is 11.7. The molecule has 1 rings (SSSR count). The normalized spacial score (nSPS) is 10.5. The zero-order chi connectivity index (χ0) is 14.1. The fourth-order valence-corrected chi connectivity index (χ4v) is 1.48. The van der Waals surface area contributed by atoms with Crippen LogP contribution in [0.5, 0.6) is 11.5 Å². The highest BCUT2D eigenvalue weighted by Crippen LogP contribution is 2.29. The molecule has 0 aliphatic carbocycles. The van der Waals surface area contributed by atoms with Gasteiger partial charge in [-0.2, -0.15) is 0 Å². The molecule has 0 heterocycles. The summed E-state index contributed by atoms with van der Waals surface area (Å²) in [4.78, 5) is 11.2. The first kappa shape index (κ1) is 15.1. The predicted molar refractivity (Wildman–Crippen MR) is 76.5 cm³/mol. The lowest BCUT2D eigenvalue weighted by Crippen LogP contribution is -2.13. The van der Waals surface area contributed by atoms with Crippen molar-refractivity contribution >= 4 is 12.0 Å². The zero-order valence-corrected chi connectivity index (χ0v) is 11.7. The van der Waals surface area contributed by atoms with Crippen molar-refractivity contribution in [2.75, 3.05) is 20.3 Å². The van der Waals surface area contributed by atoms with Crippen LogP contribution < -0.4 is 14.8 Å². The van der Waals surface area contributed by atoms with Crippen LogP contribution >= 0.6 is 0 Å². The monoisotopic (exact) mass is 263 g/mol. The van der Waals surface area contributed by atoms with Crippen molar-refractivity contribution in [2.45, 2.75) is 20.3 Å². The number of hydrogen-bond donors (Lipinski definition) is 1. The summed E-state index contributed by atoms with van der Waals surface area (Å²) in [6.45, 7) is 5.22. The summed E-state index contributed by atoms with van der Waals surface area (Å²) < 4.78 is 11.2. The van der Waals surface area contributed by atoms with E-state index in [-0.39, 0.29) is 5.91 Å². The molecule has 0 saturated heterocycles. The molecule has 0 atom stereocenters. The lowest BCUT2D eigenvalue weighted by Gasteiger charge is -2.11. The Hall–Kier alpha value is -1.97. The molecule has 19 heavy (non-hydrogen) atoms. The van der Waals surface area contributed by atoms with E-state index in [1.54, 1.807) is 13.1 Å². The third-order valence-electron chi connectivity index (χ3n) is 2.40. The van der Waals surface area contributed by atoms with Gasteiger partial charge in [0.15, 0.2) is 11.5 Å². The first-order chi connectivity index (χ1) is 9.21. The molecule has 0 bridgehead atoms. The molecule has 4 nitrogen and oxygen atoms in total. The summed E-state index contributed by atoms with van der Waals surface area (Å²) in [6, 6.07) is 5.63. The average Bonchev–Trinajstić information content (AvgIpc) is 2.44. The third kappa shape index (κ3) is 5.04. The standard InChI is InChI=1S/C15H21NO3/c1-4-10-19-13-8-6-12(7-9-15(17)16-3)11-14(13)18-5-2/h6-9,11H,4-5,10H2,1-3H3,(H,16,17)/b9-7+. The van der Waals surface area contributed by atoms with Crippen LogP contribution in [-0.2, 0) is 4.79 Å². The summed E-state index contributed by atoms with van der Waals surface area (Å²) in [7, 11) is 1.60. The van der Waals surface area contributed by atoms with E-state index in [1.807, 2.05) is 25.1 Å². The molecule has 0 aliphatic heterocycles. The summed E-state index contributed by atoms with van der Waals surface area (Å²) in [5.41, 5.74) is 0.899. The van der Waals surface area contributed by atoms with E-state index in [1.165, 1.54) is 6.08 Å². The third-order valence-corrected chi connectivity index (χ3v) is 2.40. The molecule has 1 N–H and O–H groups in total. The van der Waals surface area contributed by atoms with Crippen molar-refractivity contribution in [2.24, 2.45) is 0 Å². The Morgan fingerprint density at radius 2 is 2.05 bits per heavy atom. The maximum Gasteiger partial charge on any atom is 0.243 e. The van der Waals surface area contributed by atoms with E-state index < -0.39 is 0 Å². The van der Waals surface area contributed by atoms with Gasteiger partial charge in [0.25, 0.3) is 0 Å². The Morgan fingerprint density at radius 3 is 2.68 bits per heavy atom. The summed E-state index contributed by atoms with van der Waals surface area (Å²) in [5.74, 6) is 1.31. The SMILES string of the molecule is CCCOc1ccc(/C=C/C(=O)NC)cc1OCC. The number of rotatable bonds is 7. The van der Waals surface area contributed by atoms with Gasteiger partial charge in [-0.3, -0.25) is 4.79 Å². The highest BCUT2D eigenvalue weighted by Gasteiger charge is 2.05. The molecule has 4 heteroatoms. The molecule has 0 unspecified atom stereocenters. The number of benzene rings is 1. The molecule has 1 aromatic rings. The summed E-state index contributed by atoms with van der Waals surface area (Å²) in [6.07, 6.45) is 4.17. The van der Waals surface area contributed by atoms with Gasteiger partial charge in [0.2, 0.25) is 5.91 Å². The minimum Gasteiger partial charge on any atom is -0.490 e. The highest BCUT2D eigenvalue weighted by molar-refractivity contribution is 5.91. The first-order valence-corrected chi connectivity index (χ1v) is 6.50. The Bertz CT molecular complexity index is 441. The maximum absolute atomic E-state index is 11.2. The quantitative estimate of drug-likeness (QED) is 0.769. The second kappa shape index (κ2) is 8.19. The van der Waals surface area contributed by atoms with Crippen LogP contribution in [0.3, 0.4) is 0 Å². The molecule has 0 saturated carbocycles. The van der Waals surface area contributed by atoms with Gasteiger partial charge in [-0.15, -0.1) is 0 Å². The second-order valence-corrected chi connectivity index (χ2v) is 3.94. The van der Waals surface area contributed by atoms with Gasteiger partial charge in [-0.05, 0) is 37.1 Å². The molecule has 0 aromatic heterocycles. The van der Waals surface area contributed by atoms with Gasteiger partial charge in [0, 0.05) is 13.1 Å². The predicted octanol–water partition coefficient (Wildman–Crippen LogP) is 2.63. The van der Waals surface area contributed by atoms with Crippen LogP contribution in [0.2, 0.25) is 0 Å². The number of amides is 1. The van der Waals surface area contributed by atoms with Crippen LogP contribution in [0.15, 0.2) is 24.3 Å². The number of carbonyl (C=O) groups excluding carboxylic acids is 1. The van der Waals surface area contributed by atoms with Gasteiger partial charge < -0.3 is 14.8 Å². The molecule has 0 aliphatic rings. The molecule has 104 valence electrons. The minimum atomic E-state index is -0.135. The van der Waals surface area contributed by atoms with E-state index in [9.17, 15) is 4.79 Å². The molecule has 0 radical (unpaired) electrons. The van der Waals surface area contributed by atoms with Crippen LogP contribution in [0.4, 0.5) is 0 Å². The molecule has 1 aromatic carbocycles. The molecule has 0 spiro atoms. The van der Waals surface area contributed by atoms with Crippen LogP contribution in [0.25, 0.3) is 6.08 Å². The van der Waals surface area contributed by atoms with Gasteiger partial charge in [0.1, 0.15) is 0 Å². The van der Waals surface area contributed by atoms with Crippen LogP contribution in [-0.4, -0.2) is 26.2 Å². The number of likely N-dealkylation sites (N-methyl/N-ethyl adjacent to an activating group) is 1. The van der Waals surface area contributed by atoms with Crippen molar-refractivity contribution < 1.29 is 14.3 Å². The van der Waals surface area contributed by atoms with Crippen molar-refractivity contribution in [1.82, 2.24) is 5.32 Å². The number of carbonyl (C=O) groups is 1. The lowest BCUT2D eigenvalue weighted by atomic mass is 10.2. The van der Waals surface area contributed by atoms with Gasteiger partial charge >= 0.3 is 0 Å². The maximum atomic E-state index is 11.2. The van der Waals surface area contributed by atoms with Gasteiger partial charge in [-0.25, -0.2) is 0 Å². The van der Waals surface area contributed by atoms with Crippen molar-refractivity contribution in [3.63, 3.8) is 0 Å². The fourth-order valence-electron chi connectivity index (χ4n) is 1.48. The topological polar surface area (TPSA) is 47.6 Å². The Labute approximate surface area is 114 Å². The Kier molecular flexibility index (Phi) is 6.50. The highest BCUT2D eigenvalue weighted by atomic mass is 16.5. The van der Waals surface area contributed by atoms with Crippen molar-refractivity contribution in [1.29, 1.82) is 0 Å². The number of hydrogen-bond acceptors (Lipinski definition) is 3. The van der Waals surface area contributed by atoms with Crippen molar-refractivity contribution in [3.8, 4) is 11.5 Å². The van der Waals surface area contributed by atoms with E-state index in [0.717, 1.165) is 17.7 Å². The molecule has 1 amide bonds. The number of nitrogens with one attached hydrogen (secondary N) is 1. The number of ether oxygens (including phenoxy) is 2. The smallest absolute Gasteiger partial charge is 0.243 e. The molecular weight excluding hydrogens is 242 g/mol. The van der Waals surface area contributed by atoms with Crippen LogP contribution in [0.1, 0.15) is 25.8 Å². The van der Waals surface area contributed by atoms with Crippen LogP contribution in [0, 0.1) is 0 Å². The summed E-state index contributed by atoms with van der Waals surface area (Å²) >= 11 is 0. The minimum absolute atomic E-state index is 0.135. The van der Waals surface area contributed by atoms with Gasteiger partial charge in [-0.1, -0.05) is 13.0 Å². The van der Waals surface area contributed by atoms with E-state index in [2.05, 4.69) is 12.2 Å². The second-order valence-electron chi connectivity index (χ2n) is 3.94. The first-order valence-electron chi connectivity index (χ1n) is 6.50. The largest absolute Gasteiger partial charge is 0.490 e. The Morgan fingerprint density at radius 1 is 1.26 bits per heavy atom. The summed E-state index contributed by atoms with van der Waals surface area (Å²) in [5, 5.41) is 2.53. The molecular formula is C15H21NO3. The lowest BCUT2D eigenvalue weighted by molar-refractivity contribution is -0.115.